The molecule has 33 heavy (non-hydrogen) atoms. The average Bonchev–Trinajstić information content (AvgIpc) is 3.11. The molecule has 1 amide bonds. The molecule has 1 aliphatic heterocycles. The van der Waals surface area contributed by atoms with E-state index in [1.54, 1.807) is 48.5 Å². The second-order valence-corrected chi connectivity index (χ2v) is 7.47. The van der Waals surface area contributed by atoms with Gasteiger partial charge in [0.05, 0.1) is 24.8 Å². The van der Waals surface area contributed by atoms with Crippen molar-refractivity contribution < 1.29 is 24.2 Å². The molecular weight excluding hydrogens is 418 g/mol. The first-order valence-corrected chi connectivity index (χ1v) is 10.9. The molecule has 1 fully saturated rings. The van der Waals surface area contributed by atoms with Gasteiger partial charge in [-0.05, 0) is 55.8 Å². The average molecular weight is 443 g/mol. The summed E-state index contributed by atoms with van der Waals surface area (Å²) >= 11 is 0. The molecule has 6 heteroatoms. The van der Waals surface area contributed by atoms with Crippen molar-refractivity contribution in [3.63, 3.8) is 0 Å². The van der Waals surface area contributed by atoms with Crippen LogP contribution in [0.3, 0.4) is 0 Å². The molecule has 1 unspecified atom stereocenters. The highest BCUT2D eigenvalue weighted by molar-refractivity contribution is 6.51. The molecule has 0 aromatic heterocycles. The summed E-state index contributed by atoms with van der Waals surface area (Å²) in [5, 5.41) is 11.2. The molecule has 3 aromatic rings. The Labute approximate surface area is 192 Å². The molecule has 168 valence electrons. The number of amides is 1. The molecule has 0 radical (unpaired) electrons. The lowest BCUT2D eigenvalue weighted by molar-refractivity contribution is -0.132. The number of benzene rings is 3. The van der Waals surface area contributed by atoms with Crippen LogP contribution in [0.1, 0.15) is 31.0 Å². The maximum atomic E-state index is 13.2. The van der Waals surface area contributed by atoms with Crippen LogP contribution in [-0.4, -0.2) is 30.0 Å². The second kappa shape index (κ2) is 9.61. The number of ether oxygens (including phenoxy) is 2. The van der Waals surface area contributed by atoms with E-state index in [2.05, 4.69) is 0 Å². The van der Waals surface area contributed by atoms with Crippen molar-refractivity contribution in [1.82, 2.24) is 0 Å². The molecule has 1 aliphatic rings. The number of carbonyl (C=O) groups is 2. The van der Waals surface area contributed by atoms with E-state index in [1.807, 2.05) is 44.2 Å². The Morgan fingerprint density at radius 1 is 0.848 bits per heavy atom. The Kier molecular flexibility index (Phi) is 6.45. The van der Waals surface area contributed by atoms with Crippen molar-refractivity contribution in [1.29, 1.82) is 0 Å². The van der Waals surface area contributed by atoms with Gasteiger partial charge in [-0.3, -0.25) is 14.5 Å². The predicted octanol–water partition coefficient (Wildman–Crippen LogP) is 5.11. The summed E-state index contributed by atoms with van der Waals surface area (Å²) in [5.41, 5.74) is 1.70. The minimum absolute atomic E-state index is 0.0359. The van der Waals surface area contributed by atoms with E-state index in [0.717, 1.165) is 0 Å². The maximum Gasteiger partial charge on any atom is 0.300 e. The summed E-state index contributed by atoms with van der Waals surface area (Å²) in [6, 6.07) is 22.3. The van der Waals surface area contributed by atoms with E-state index < -0.39 is 17.7 Å². The zero-order valence-corrected chi connectivity index (χ0v) is 18.5. The number of anilines is 1. The summed E-state index contributed by atoms with van der Waals surface area (Å²) < 4.78 is 11.0. The number of ketones is 1. The van der Waals surface area contributed by atoms with E-state index in [4.69, 9.17) is 9.47 Å². The van der Waals surface area contributed by atoms with Gasteiger partial charge in [-0.25, -0.2) is 0 Å². The molecule has 0 saturated carbocycles. The molecular formula is C27H25NO5. The Bertz CT molecular complexity index is 1180. The predicted molar refractivity (Wildman–Crippen MR) is 126 cm³/mol. The molecule has 1 heterocycles. The molecule has 1 N–H and O–H groups in total. The molecule has 1 saturated heterocycles. The Morgan fingerprint density at radius 3 is 2.18 bits per heavy atom. The molecule has 0 bridgehead atoms. The van der Waals surface area contributed by atoms with Crippen LogP contribution in [-0.2, 0) is 9.59 Å². The van der Waals surface area contributed by atoms with E-state index in [1.165, 1.54) is 4.90 Å². The third-order valence-corrected chi connectivity index (χ3v) is 5.40. The summed E-state index contributed by atoms with van der Waals surface area (Å²) in [6.45, 7) is 4.75. The lowest BCUT2D eigenvalue weighted by Gasteiger charge is -2.25. The monoisotopic (exact) mass is 443 g/mol. The van der Waals surface area contributed by atoms with Crippen LogP contribution in [0.25, 0.3) is 5.76 Å². The largest absolute Gasteiger partial charge is 0.507 e. The number of rotatable bonds is 7. The number of aliphatic hydroxyl groups is 1. The number of Topliss-reactive ketones (excluding diaryl/α,β-unsaturated/α-hetero) is 1. The number of carbonyl (C=O) groups excluding carboxylic acids is 2. The minimum Gasteiger partial charge on any atom is -0.507 e. The van der Waals surface area contributed by atoms with Crippen LogP contribution in [0.4, 0.5) is 5.69 Å². The standard InChI is InChI=1S/C27H25NO5/c1-3-32-21-15-13-20(14-16-21)28-24(18-9-6-5-7-10-18)23(26(30)27(28)31)25(29)19-11-8-12-22(17-19)33-4-2/h5-17,24,29H,3-4H2,1-2H3/b25-23-. The van der Waals surface area contributed by atoms with Crippen molar-refractivity contribution in [2.75, 3.05) is 18.1 Å². The van der Waals surface area contributed by atoms with Crippen molar-refractivity contribution >= 4 is 23.1 Å². The van der Waals surface area contributed by atoms with Gasteiger partial charge >= 0.3 is 0 Å². The van der Waals surface area contributed by atoms with Crippen molar-refractivity contribution in [2.24, 2.45) is 0 Å². The van der Waals surface area contributed by atoms with Crippen LogP contribution in [0, 0.1) is 0 Å². The topological polar surface area (TPSA) is 76.1 Å². The SMILES string of the molecule is CCOc1ccc(N2C(=O)C(=O)/C(=C(\O)c3cccc(OCC)c3)C2c2ccccc2)cc1. The van der Waals surface area contributed by atoms with E-state index in [0.29, 0.717) is 41.5 Å². The first kappa shape index (κ1) is 22.1. The van der Waals surface area contributed by atoms with Gasteiger partial charge in [0.2, 0.25) is 0 Å². The fourth-order valence-corrected chi connectivity index (χ4v) is 3.97. The lowest BCUT2D eigenvalue weighted by atomic mass is 9.95. The Balaban J connectivity index is 1.86. The third-order valence-electron chi connectivity index (χ3n) is 5.40. The molecule has 0 spiro atoms. The molecule has 6 nitrogen and oxygen atoms in total. The fourth-order valence-electron chi connectivity index (χ4n) is 3.97. The zero-order chi connectivity index (χ0) is 23.4. The highest BCUT2D eigenvalue weighted by atomic mass is 16.5. The van der Waals surface area contributed by atoms with Crippen LogP contribution in [0.2, 0.25) is 0 Å². The van der Waals surface area contributed by atoms with E-state index >= 15 is 0 Å². The van der Waals surface area contributed by atoms with Gasteiger partial charge in [0.15, 0.2) is 0 Å². The van der Waals surface area contributed by atoms with E-state index in [9.17, 15) is 14.7 Å². The van der Waals surface area contributed by atoms with Crippen LogP contribution in [0.5, 0.6) is 11.5 Å². The molecule has 4 rings (SSSR count). The number of aliphatic hydroxyl groups excluding tert-OH is 1. The minimum atomic E-state index is -0.778. The molecule has 3 aromatic carbocycles. The zero-order valence-electron chi connectivity index (χ0n) is 18.5. The van der Waals surface area contributed by atoms with Crippen LogP contribution < -0.4 is 14.4 Å². The van der Waals surface area contributed by atoms with Crippen molar-refractivity contribution in [3.05, 3.63) is 95.6 Å². The summed E-state index contributed by atoms with van der Waals surface area (Å²) in [5.74, 6) is -0.440. The second-order valence-electron chi connectivity index (χ2n) is 7.47. The van der Waals surface area contributed by atoms with Gasteiger partial charge < -0.3 is 14.6 Å². The van der Waals surface area contributed by atoms with Crippen LogP contribution in [0.15, 0.2) is 84.4 Å². The first-order valence-electron chi connectivity index (χ1n) is 10.9. The van der Waals surface area contributed by atoms with Gasteiger partial charge in [-0.2, -0.15) is 0 Å². The summed E-state index contributed by atoms with van der Waals surface area (Å²) in [4.78, 5) is 27.8. The first-order chi connectivity index (χ1) is 16.0. The van der Waals surface area contributed by atoms with E-state index in [-0.39, 0.29) is 11.3 Å². The summed E-state index contributed by atoms with van der Waals surface area (Å²) in [6.07, 6.45) is 0. The molecule has 1 atom stereocenters. The Morgan fingerprint density at radius 2 is 1.52 bits per heavy atom. The van der Waals surface area contributed by atoms with Crippen molar-refractivity contribution in [3.8, 4) is 11.5 Å². The highest BCUT2D eigenvalue weighted by Gasteiger charge is 2.46. The van der Waals surface area contributed by atoms with Gasteiger partial charge in [0.25, 0.3) is 11.7 Å². The smallest absolute Gasteiger partial charge is 0.300 e. The Hall–Kier alpha value is -4.06. The third kappa shape index (κ3) is 4.32. The van der Waals surface area contributed by atoms with Crippen LogP contribution >= 0.6 is 0 Å². The molecule has 0 aliphatic carbocycles. The highest BCUT2D eigenvalue weighted by Crippen LogP contribution is 2.42. The quantitative estimate of drug-likeness (QED) is 0.312. The van der Waals surface area contributed by atoms with Gasteiger partial charge in [0.1, 0.15) is 17.3 Å². The maximum absolute atomic E-state index is 13.2. The summed E-state index contributed by atoms with van der Waals surface area (Å²) in [7, 11) is 0. The van der Waals surface area contributed by atoms with Crippen molar-refractivity contribution in [2.45, 2.75) is 19.9 Å². The number of hydrogen-bond donors (Lipinski definition) is 1. The number of hydrogen-bond acceptors (Lipinski definition) is 5. The number of nitrogens with zero attached hydrogens (tertiary/aromatic N) is 1. The van der Waals surface area contributed by atoms with Gasteiger partial charge in [0, 0.05) is 11.3 Å². The van der Waals surface area contributed by atoms with Gasteiger partial charge in [-0.1, -0.05) is 42.5 Å². The normalized spacial score (nSPS) is 17.3. The van der Waals surface area contributed by atoms with Gasteiger partial charge in [-0.15, -0.1) is 0 Å². The fraction of sp³-hybridized carbons (Fsp3) is 0.185. The lowest BCUT2D eigenvalue weighted by Crippen LogP contribution is -2.29.